The lowest BCUT2D eigenvalue weighted by Gasteiger charge is -2.32. The van der Waals surface area contributed by atoms with Gasteiger partial charge in [0.2, 0.25) is 11.2 Å². The number of ether oxygens (including phenoxy) is 3. The van der Waals surface area contributed by atoms with Gasteiger partial charge in [-0.25, -0.2) is 9.59 Å². The normalized spacial score (nSPS) is 16.9. The Morgan fingerprint density at radius 2 is 0.986 bits per heavy atom. The van der Waals surface area contributed by atoms with Crippen LogP contribution in [0.3, 0.4) is 0 Å². The molecule has 2 aliphatic rings. The third kappa shape index (κ3) is 7.31. The van der Waals surface area contributed by atoms with Crippen molar-refractivity contribution in [2.45, 2.75) is 93.5 Å². The highest BCUT2D eigenvalue weighted by atomic mass is 16.6. The standard InChI is InChI=1S/C30H33N3O3.C29H31N3O2/c1-6-32(7-2)21-16-17-24(26(19-21)35-9-4)30(28-23(29(34)36-30)14-12-18-31-28)27-20(5)33(8-3)25-15-11-10-13-22(25)27;1-6-31(7-2)21-15-16-24(19(4)18-21)29(27-23(28(33)34-29)13-11-17-30-27)26-20(5)32(8-3)25-14-10-9-12-22(25)26/h10-19H,6-9H2,1-5H3;9-18H,6-8H2,1-5H3. The van der Waals surface area contributed by atoms with Crippen LogP contribution in [0.1, 0.15) is 120 Å². The fourth-order valence-electron chi connectivity index (χ4n) is 11.4. The quantitative estimate of drug-likeness (QED) is 0.0986. The van der Waals surface area contributed by atoms with E-state index in [0.29, 0.717) is 34.9 Å². The molecule has 6 heterocycles. The number of carbonyl (C=O) groups is 2. The van der Waals surface area contributed by atoms with Crippen molar-refractivity contribution in [2.24, 2.45) is 0 Å². The summed E-state index contributed by atoms with van der Waals surface area (Å²) in [6.07, 6.45) is 3.48. The van der Waals surface area contributed by atoms with Crippen molar-refractivity contribution in [1.29, 1.82) is 0 Å². The first-order valence-electron chi connectivity index (χ1n) is 24.9. The Kier molecular flexibility index (Phi) is 13.1. The summed E-state index contributed by atoms with van der Waals surface area (Å²) < 4.78 is 23.7. The summed E-state index contributed by atoms with van der Waals surface area (Å²) in [6.45, 7) is 26.9. The van der Waals surface area contributed by atoms with Gasteiger partial charge in [0.15, 0.2) is 0 Å². The molecule has 2 atom stereocenters. The molecule has 0 aliphatic carbocycles. The van der Waals surface area contributed by atoms with Gasteiger partial charge < -0.3 is 33.1 Å². The molecule has 10 rings (SSSR count). The van der Waals surface area contributed by atoms with Crippen LogP contribution in [0.25, 0.3) is 21.8 Å². The number of cyclic esters (lactones) is 2. The molecule has 11 nitrogen and oxygen atoms in total. The number of aromatic nitrogens is 4. The van der Waals surface area contributed by atoms with Gasteiger partial charge in [0.25, 0.3) is 0 Å². The summed E-state index contributed by atoms with van der Waals surface area (Å²) in [4.78, 5) is 40.8. The molecule has 70 heavy (non-hydrogen) atoms. The number of carbonyl (C=O) groups excluding carboxylic acids is 2. The minimum atomic E-state index is -1.23. The smallest absolute Gasteiger partial charge is 0.341 e. The van der Waals surface area contributed by atoms with E-state index < -0.39 is 11.2 Å². The number of hydrogen-bond acceptors (Lipinski definition) is 9. The van der Waals surface area contributed by atoms with Gasteiger partial charge in [-0.1, -0.05) is 42.5 Å². The summed E-state index contributed by atoms with van der Waals surface area (Å²) in [6, 6.07) is 36.5. The number of nitrogens with zero attached hydrogens (tertiary/aromatic N) is 6. The first-order valence-corrected chi connectivity index (χ1v) is 24.9. The van der Waals surface area contributed by atoms with Crippen LogP contribution in [-0.2, 0) is 33.8 Å². The van der Waals surface area contributed by atoms with E-state index in [0.717, 1.165) is 106 Å². The molecule has 11 heteroatoms. The molecule has 8 aromatic rings. The number of fused-ring (bicyclic) bond motifs is 4. The van der Waals surface area contributed by atoms with Crippen LogP contribution in [0, 0.1) is 20.8 Å². The molecular weight excluding hydrogens is 873 g/mol. The Morgan fingerprint density at radius 1 is 0.543 bits per heavy atom. The van der Waals surface area contributed by atoms with E-state index in [9.17, 15) is 9.59 Å². The van der Waals surface area contributed by atoms with Crippen LogP contribution in [0.4, 0.5) is 11.4 Å². The van der Waals surface area contributed by atoms with Gasteiger partial charge in [0, 0.05) is 125 Å². The average Bonchev–Trinajstić information content (AvgIpc) is 4.05. The Bertz CT molecular complexity index is 3270. The van der Waals surface area contributed by atoms with E-state index in [1.807, 2.05) is 37.3 Å². The van der Waals surface area contributed by atoms with Crippen LogP contribution in [-0.4, -0.2) is 63.8 Å². The zero-order valence-electron chi connectivity index (χ0n) is 42.2. The summed E-state index contributed by atoms with van der Waals surface area (Å²) in [7, 11) is 0. The average molecular weight is 937 g/mol. The molecule has 0 N–H and O–H groups in total. The Hall–Kier alpha value is -7.40. The highest BCUT2D eigenvalue weighted by molar-refractivity contribution is 5.99. The molecule has 4 aromatic heterocycles. The van der Waals surface area contributed by atoms with Crippen LogP contribution < -0.4 is 14.5 Å². The molecule has 2 aliphatic heterocycles. The second kappa shape index (κ2) is 19.2. The number of benzene rings is 4. The number of hydrogen-bond donors (Lipinski definition) is 0. The Labute approximate surface area is 411 Å². The van der Waals surface area contributed by atoms with Gasteiger partial charge in [-0.15, -0.1) is 0 Å². The van der Waals surface area contributed by atoms with Crippen molar-refractivity contribution in [2.75, 3.05) is 42.6 Å². The van der Waals surface area contributed by atoms with Crippen LogP contribution >= 0.6 is 0 Å². The van der Waals surface area contributed by atoms with Gasteiger partial charge in [0.05, 0.1) is 17.7 Å². The molecular formula is C59H64N6O5. The minimum absolute atomic E-state index is 0.331. The SMILES string of the molecule is CCN(CC)c1ccc(C2(c3c(C)n(CC)c4ccccc34)OC(=O)c3cccnc32)c(C)c1.CCOc1cc(N(CC)CC)ccc1C1(c2c(C)n(CC)c3ccccc23)OC(=O)c2cccnc21. The van der Waals surface area contributed by atoms with Gasteiger partial charge in [-0.2, -0.15) is 0 Å². The van der Waals surface area contributed by atoms with Crippen molar-refractivity contribution in [1.82, 2.24) is 19.1 Å². The number of para-hydroxylation sites is 2. The predicted molar refractivity (Wildman–Crippen MR) is 280 cm³/mol. The second-order valence-electron chi connectivity index (χ2n) is 17.8. The van der Waals surface area contributed by atoms with E-state index in [1.54, 1.807) is 30.6 Å². The van der Waals surface area contributed by atoms with E-state index in [-0.39, 0.29) is 11.9 Å². The molecule has 4 aromatic carbocycles. The predicted octanol–water partition coefficient (Wildman–Crippen LogP) is 12.1. The number of aryl methyl sites for hydroxylation is 3. The van der Waals surface area contributed by atoms with E-state index in [2.05, 4.69) is 142 Å². The van der Waals surface area contributed by atoms with Crippen molar-refractivity contribution in [3.8, 4) is 5.75 Å². The van der Waals surface area contributed by atoms with Gasteiger partial charge in [-0.3, -0.25) is 9.97 Å². The molecule has 0 saturated carbocycles. The molecule has 0 bridgehead atoms. The fourth-order valence-corrected chi connectivity index (χ4v) is 11.4. The Balaban J connectivity index is 0.000000174. The molecule has 0 radical (unpaired) electrons. The summed E-state index contributed by atoms with van der Waals surface area (Å²) in [5, 5.41) is 2.12. The highest BCUT2D eigenvalue weighted by Gasteiger charge is 2.55. The van der Waals surface area contributed by atoms with Crippen LogP contribution in [0.15, 0.2) is 122 Å². The molecule has 0 fully saturated rings. The second-order valence-corrected chi connectivity index (χ2v) is 17.8. The lowest BCUT2D eigenvalue weighted by atomic mass is 9.79. The van der Waals surface area contributed by atoms with Crippen molar-refractivity contribution >= 4 is 45.1 Å². The van der Waals surface area contributed by atoms with Gasteiger partial charge >= 0.3 is 11.9 Å². The summed E-state index contributed by atoms with van der Waals surface area (Å²) >= 11 is 0. The first-order chi connectivity index (χ1) is 34.0. The molecule has 0 spiro atoms. The zero-order valence-corrected chi connectivity index (χ0v) is 42.2. The van der Waals surface area contributed by atoms with Crippen molar-refractivity contribution in [3.05, 3.63) is 183 Å². The van der Waals surface area contributed by atoms with E-state index in [1.165, 1.54) is 5.69 Å². The third-order valence-electron chi connectivity index (χ3n) is 14.5. The number of esters is 2. The minimum Gasteiger partial charge on any atom is -0.493 e. The highest BCUT2D eigenvalue weighted by Crippen LogP contribution is 2.54. The zero-order chi connectivity index (χ0) is 49.5. The van der Waals surface area contributed by atoms with E-state index in [4.69, 9.17) is 24.2 Å². The van der Waals surface area contributed by atoms with Crippen molar-refractivity contribution in [3.63, 3.8) is 0 Å². The van der Waals surface area contributed by atoms with Crippen LogP contribution in [0.5, 0.6) is 5.75 Å². The Morgan fingerprint density at radius 3 is 1.43 bits per heavy atom. The van der Waals surface area contributed by atoms with Gasteiger partial charge in [-0.05, 0) is 135 Å². The maximum atomic E-state index is 13.4. The number of anilines is 2. The lowest BCUT2D eigenvalue weighted by molar-refractivity contribution is 0.0230. The number of pyridine rings is 2. The van der Waals surface area contributed by atoms with Crippen LogP contribution in [0.2, 0.25) is 0 Å². The largest absolute Gasteiger partial charge is 0.493 e. The monoisotopic (exact) mass is 936 g/mol. The maximum absolute atomic E-state index is 13.4. The van der Waals surface area contributed by atoms with Crippen molar-refractivity contribution < 1.29 is 23.8 Å². The molecule has 2 unspecified atom stereocenters. The molecule has 360 valence electrons. The first kappa shape index (κ1) is 47.7. The third-order valence-corrected chi connectivity index (χ3v) is 14.5. The summed E-state index contributed by atoms with van der Waals surface area (Å²) in [5.41, 5.74) is 11.3. The molecule has 0 saturated heterocycles. The summed E-state index contributed by atoms with van der Waals surface area (Å²) in [5.74, 6) is -0.00919. The maximum Gasteiger partial charge on any atom is 0.341 e. The topological polar surface area (TPSA) is 104 Å². The van der Waals surface area contributed by atoms with Gasteiger partial charge in [0.1, 0.15) is 17.1 Å². The van der Waals surface area contributed by atoms with E-state index >= 15 is 0 Å². The fraction of sp³-hybridized carbons (Fsp3) is 0.322. The number of rotatable bonds is 14. The molecule has 0 amide bonds. The lowest BCUT2D eigenvalue weighted by Crippen LogP contribution is -2.32.